The first kappa shape index (κ1) is 103. The molecule has 20 rings (SSSR count). The molecule has 4 amide bonds. The summed E-state index contributed by atoms with van der Waals surface area (Å²) in [5.74, 6) is -1.50. The van der Waals surface area contributed by atoms with E-state index >= 15 is 0 Å². The van der Waals surface area contributed by atoms with E-state index in [-0.39, 0.29) is 46.7 Å². The Balaban J connectivity index is 0.000000134. The van der Waals surface area contributed by atoms with Crippen LogP contribution in [0.25, 0.3) is 22.7 Å². The Morgan fingerprint density at radius 2 is 0.673 bits per heavy atom. The fourth-order valence-electron chi connectivity index (χ4n) is 17.8. The van der Waals surface area contributed by atoms with E-state index in [9.17, 15) is 41.8 Å². The first-order valence-corrected chi connectivity index (χ1v) is 50.0. The summed E-state index contributed by atoms with van der Waals surface area (Å²) in [5, 5.41) is 44.4. The van der Waals surface area contributed by atoms with E-state index in [1.165, 1.54) is 91.9 Å². The first-order valence-electron chi connectivity index (χ1n) is 50.0. The topological polar surface area (TPSA) is 342 Å². The van der Waals surface area contributed by atoms with Gasteiger partial charge in [0.15, 0.2) is 0 Å². The highest BCUT2D eigenvalue weighted by molar-refractivity contribution is 6.06. The molecule has 754 valence electrons. The lowest BCUT2D eigenvalue weighted by Gasteiger charge is -2.30. The first-order chi connectivity index (χ1) is 71.2. The third kappa shape index (κ3) is 26.5. The lowest BCUT2D eigenvalue weighted by atomic mass is 9.82. The minimum absolute atomic E-state index is 0.00406. The molecule has 147 heavy (non-hydrogen) atoms. The van der Waals surface area contributed by atoms with Crippen molar-refractivity contribution in [3.8, 4) is 22.7 Å². The van der Waals surface area contributed by atoms with Crippen LogP contribution in [0, 0.1) is 88.5 Å². The molecule has 4 aliphatic rings. The molecule has 16 aromatic rings. The number of hydrogen-bond acceptors (Lipinski definition) is 16. The van der Waals surface area contributed by atoms with E-state index in [1.807, 2.05) is 204 Å². The number of aryl methyl sites for hydroxylation is 6. The van der Waals surface area contributed by atoms with Crippen LogP contribution in [-0.2, 0) is 41.3 Å². The zero-order valence-corrected chi connectivity index (χ0v) is 83.2. The van der Waals surface area contributed by atoms with Crippen molar-refractivity contribution in [1.82, 2.24) is 44.4 Å². The zero-order valence-electron chi connectivity index (χ0n) is 83.2. The maximum absolute atomic E-state index is 15.0. The van der Waals surface area contributed by atoms with Crippen molar-refractivity contribution in [1.29, 1.82) is 0 Å². The summed E-state index contributed by atoms with van der Waals surface area (Å²) in [5.41, 5.74) is 41.7. The molecule has 12 aromatic carbocycles. The number of anilines is 4. The Hall–Kier alpha value is -15.2. The van der Waals surface area contributed by atoms with Crippen LogP contribution < -0.4 is 49.5 Å². The summed E-state index contributed by atoms with van der Waals surface area (Å²) in [6.45, 7) is 15.0. The summed E-state index contributed by atoms with van der Waals surface area (Å²) >= 11 is 0. The third-order valence-corrected chi connectivity index (χ3v) is 26.6. The van der Waals surface area contributed by atoms with Gasteiger partial charge in [-0.05, 0) is 311 Å². The SMILES string of the molecule is Cc1cc(C(=O)Nc2cc(C(O)(CCC3CC3)c3ccccc3)ccc2F)n(-c2cccc(CN)c2)n1.Cc1cc(C(=O)Nc2cc(C(OCC3CC3)c3ccccc3)ccc2F)n(-c2cccc(CN)c2)n1.Cc1ccc(C(NCC2CC2)c2ccc(F)c(NC(=O)c3cc(C)nn3-c3cccc(CN)c3)c2)cc1.Cc1cccc(C(OCC2CC2)c2ccc(F)c(NC(=O)c3cc(C)nn3-c3cccc(CN)c3)c2)c1. The van der Waals surface area contributed by atoms with E-state index < -0.39 is 52.5 Å². The van der Waals surface area contributed by atoms with Crippen molar-refractivity contribution < 1.29 is 51.3 Å². The van der Waals surface area contributed by atoms with Crippen LogP contribution in [-0.4, -0.2) is 87.6 Å². The number of carbonyl (C=O) groups excluding carboxylic acids is 4. The summed E-state index contributed by atoms with van der Waals surface area (Å²) in [6.07, 6.45) is 10.2. The molecule has 0 bridgehead atoms. The fourth-order valence-corrected chi connectivity index (χ4v) is 17.8. The number of aliphatic hydroxyl groups is 1. The van der Waals surface area contributed by atoms with Gasteiger partial charge in [0.25, 0.3) is 23.6 Å². The monoisotopic (exact) mass is 1980 g/mol. The maximum Gasteiger partial charge on any atom is 0.274 e. The van der Waals surface area contributed by atoms with Gasteiger partial charge in [0.1, 0.15) is 63.9 Å². The highest BCUT2D eigenvalue weighted by Gasteiger charge is 2.37. The summed E-state index contributed by atoms with van der Waals surface area (Å²) in [7, 11) is 0. The number of nitrogens with one attached hydrogen (secondary N) is 5. The van der Waals surface area contributed by atoms with Crippen LogP contribution in [0.4, 0.5) is 40.3 Å². The second kappa shape index (κ2) is 47.3. The van der Waals surface area contributed by atoms with Crippen LogP contribution in [0.5, 0.6) is 0 Å². The average molecular weight is 1980 g/mol. The molecule has 0 radical (unpaired) electrons. The predicted molar refractivity (Wildman–Crippen MR) is 566 cm³/mol. The highest BCUT2D eigenvalue weighted by Crippen LogP contribution is 2.44. The third-order valence-electron chi connectivity index (χ3n) is 26.6. The molecular weight excluding hydrogens is 1860 g/mol. The molecular formula is C119H123F4N17O7. The van der Waals surface area contributed by atoms with Crippen LogP contribution >= 0.6 is 0 Å². The van der Waals surface area contributed by atoms with Crippen molar-refractivity contribution >= 4 is 46.4 Å². The van der Waals surface area contributed by atoms with Crippen LogP contribution in [0.1, 0.15) is 225 Å². The summed E-state index contributed by atoms with van der Waals surface area (Å²) in [6, 6.07) is 91.2. The minimum atomic E-state index is -1.29. The largest absolute Gasteiger partial charge is 0.380 e. The molecule has 0 saturated heterocycles. The van der Waals surface area contributed by atoms with E-state index in [0.717, 1.165) is 85.4 Å². The molecule has 24 nitrogen and oxygen atoms in total. The lowest BCUT2D eigenvalue weighted by molar-refractivity contribution is 0.0669. The minimum Gasteiger partial charge on any atom is -0.380 e. The van der Waals surface area contributed by atoms with Gasteiger partial charge in [-0.1, -0.05) is 206 Å². The quantitative estimate of drug-likeness (QED) is 0.0163. The molecule has 4 saturated carbocycles. The average Bonchev–Trinajstić information content (AvgIpc) is 1.06. The van der Waals surface area contributed by atoms with Gasteiger partial charge < -0.3 is 64.1 Å². The molecule has 4 unspecified atom stereocenters. The van der Waals surface area contributed by atoms with Crippen LogP contribution in [0.3, 0.4) is 0 Å². The number of ether oxygens (including phenoxy) is 2. The number of amides is 4. The Morgan fingerprint density at radius 1 is 0.340 bits per heavy atom. The molecule has 4 heterocycles. The van der Waals surface area contributed by atoms with Gasteiger partial charge in [0, 0.05) is 26.2 Å². The van der Waals surface area contributed by atoms with E-state index in [0.29, 0.717) is 132 Å². The van der Waals surface area contributed by atoms with Gasteiger partial charge in [-0.3, -0.25) is 19.2 Å². The van der Waals surface area contributed by atoms with E-state index in [2.05, 4.69) is 84.2 Å². The molecule has 4 fully saturated rings. The van der Waals surface area contributed by atoms with Crippen LogP contribution in [0.15, 0.2) is 303 Å². The molecule has 28 heteroatoms. The molecule has 0 spiro atoms. The van der Waals surface area contributed by atoms with Crippen molar-refractivity contribution in [3.63, 3.8) is 0 Å². The predicted octanol–water partition coefficient (Wildman–Crippen LogP) is 22.3. The number of nitrogens with two attached hydrogens (primary N) is 4. The Morgan fingerprint density at radius 3 is 1.05 bits per heavy atom. The number of rotatable bonds is 36. The number of aromatic nitrogens is 8. The van der Waals surface area contributed by atoms with Crippen molar-refractivity contribution in [2.75, 3.05) is 41.0 Å². The van der Waals surface area contributed by atoms with E-state index in [1.54, 1.807) is 87.7 Å². The molecule has 0 aliphatic heterocycles. The van der Waals surface area contributed by atoms with Gasteiger partial charge in [-0.15, -0.1) is 0 Å². The maximum atomic E-state index is 15.0. The molecule has 4 aromatic heterocycles. The zero-order chi connectivity index (χ0) is 103. The fraction of sp³-hybridized carbons (Fsp3) is 0.261. The van der Waals surface area contributed by atoms with Gasteiger partial charge >= 0.3 is 0 Å². The summed E-state index contributed by atoms with van der Waals surface area (Å²) < 4.78 is 78.5. The number of hydrogen-bond donors (Lipinski definition) is 10. The molecule has 4 aliphatic carbocycles. The Labute approximate surface area is 853 Å². The van der Waals surface area contributed by atoms with Gasteiger partial charge in [0.05, 0.1) is 87.5 Å². The number of halogens is 4. The lowest BCUT2D eigenvalue weighted by Crippen LogP contribution is -2.28. The molecule has 4 atom stereocenters. The van der Waals surface area contributed by atoms with Crippen molar-refractivity contribution in [3.05, 3.63) is 450 Å². The van der Waals surface area contributed by atoms with Gasteiger partial charge in [-0.2, -0.15) is 20.4 Å². The normalized spacial score (nSPS) is 14.2. The van der Waals surface area contributed by atoms with Crippen molar-refractivity contribution in [2.24, 2.45) is 46.6 Å². The van der Waals surface area contributed by atoms with Crippen LogP contribution in [0.2, 0.25) is 0 Å². The second-order valence-corrected chi connectivity index (χ2v) is 38.6. The van der Waals surface area contributed by atoms with Gasteiger partial charge in [0.2, 0.25) is 0 Å². The second-order valence-electron chi connectivity index (χ2n) is 38.6. The smallest absolute Gasteiger partial charge is 0.274 e. The number of nitrogens with zero attached hydrogens (tertiary/aromatic N) is 8. The standard InChI is InChI=1S/C30H32FN5O.2C30H31FN4O2.C29H29FN4O2/c1-19-6-10-23(11-7-19)29(33-18-21-8-9-21)24-12-13-26(31)27(16-24)34-30(37)28-14-20(2)35-36(28)25-5-3-4-22(15-25)17-32;1-19-5-3-7-23(13-19)29(37-18-21-9-10-21)24-11-12-26(31)27(16-24)33-30(36)28-14-20(2)34-35(28)25-8-4-6-22(15-25)17-32;1-20-16-28(35(34-20)25-9-5-6-22(17-25)19-32)29(36)33-27-18-24(12-13-26(27)31)30(37,15-14-21-10-11-21)23-7-3-2-4-8-23;1-19-14-27(34(33-19)24-9-5-6-21(15-24)17-31)29(35)32-26-16-23(12-13-25(26)30)28(36-18-20-10-11-20)22-7-3-2-4-8-22/h3-7,10-16,21,29,33H,8-9,17-18,32H2,1-2H3,(H,34,37);3-8,11-16,21,29H,9-10,17-18,32H2,1-2H3,(H,33,36);2-9,12-13,16-18,21,37H,10-11,14-15,19,32H2,1H3,(H,33,36);2-9,12-16,20,28H,10-11,17-18,31H2,1H3,(H,32,35). The Kier molecular flexibility index (Phi) is 33.2. The van der Waals surface area contributed by atoms with Crippen molar-refractivity contribution in [2.45, 2.75) is 156 Å². The highest BCUT2D eigenvalue weighted by atomic mass is 19.1. The van der Waals surface area contributed by atoms with Gasteiger partial charge in [-0.25, -0.2) is 36.3 Å². The number of benzene rings is 12. The molecule has 14 N–H and O–H groups in total. The van der Waals surface area contributed by atoms with E-state index in [4.69, 9.17) is 32.4 Å². The Bertz CT molecular complexity index is 7340. The summed E-state index contributed by atoms with van der Waals surface area (Å²) in [4.78, 5) is 53.4. The number of carbonyl (C=O) groups is 4.